The van der Waals surface area contributed by atoms with Crippen LogP contribution >= 0.6 is 12.4 Å². The largest absolute Gasteiger partial charge is 0.444 e. The third kappa shape index (κ3) is 4.49. The minimum atomic E-state index is 0. The van der Waals surface area contributed by atoms with E-state index in [1.165, 1.54) is 0 Å². The average molecular weight is 357 g/mol. The Morgan fingerprint density at radius 1 is 1.29 bits per heavy atom. The molecule has 6 nitrogen and oxygen atoms in total. The number of oxazole rings is 1. The molecule has 0 aromatic carbocycles. The molecule has 0 saturated carbocycles. The van der Waals surface area contributed by atoms with Crippen molar-refractivity contribution in [2.24, 2.45) is 5.92 Å². The number of nitrogens with one attached hydrogen (secondary N) is 1. The van der Waals surface area contributed by atoms with Crippen molar-refractivity contribution in [3.63, 3.8) is 0 Å². The molecule has 0 aliphatic carbocycles. The zero-order valence-electron chi connectivity index (χ0n) is 14.9. The Kier molecular flexibility index (Phi) is 6.66. The van der Waals surface area contributed by atoms with Crippen molar-refractivity contribution in [2.45, 2.75) is 46.2 Å². The summed E-state index contributed by atoms with van der Waals surface area (Å²) < 4.78 is 5.66. The predicted molar refractivity (Wildman–Crippen MR) is 95.3 cm³/mol. The molecule has 2 atom stereocenters. The molecule has 1 aromatic rings. The minimum absolute atomic E-state index is 0. The van der Waals surface area contributed by atoms with Gasteiger partial charge in [0.25, 0.3) is 0 Å². The Hall–Kier alpha value is -1.11. The van der Waals surface area contributed by atoms with E-state index in [4.69, 9.17) is 4.42 Å². The summed E-state index contributed by atoms with van der Waals surface area (Å²) in [5, 5.41) is 3.41. The third-order valence-electron chi connectivity index (χ3n) is 5.09. The van der Waals surface area contributed by atoms with Gasteiger partial charge in [-0.05, 0) is 40.2 Å². The lowest BCUT2D eigenvalue weighted by Crippen LogP contribution is -2.51. The van der Waals surface area contributed by atoms with Gasteiger partial charge in [-0.15, -0.1) is 12.4 Å². The Labute approximate surface area is 150 Å². The zero-order valence-corrected chi connectivity index (χ0v) is 15.7. The van der Waals surface area contributed by atoms with Crippen molar-refractivity contribution in [1.82, 2.24) is 20.1 Å². The normalized spacial score (nSPS) is 25.4. The number of aromatic nitrogens is 1. The molecule has 7 heteroatoms. The molecule has 2 fully saturated rings. The summed E-state index contributed by atoms with van der Waals surface area (Å²) in [5.41, 5.74) is 0.967. The lowest BCUT2D eigenvalue weighted by molar-refractivity contribution is -0.138. The van der Waals surface area contributed by atoms with Crippen LogP contribution in [0.1, 0.15) is 37.1 Å². The summed E-state index contributed by atoms with van der Waals surface area (Å²) in [7, 11) is 0. The number of piperazine rings is 1. The van der Waals surface area contributed by atoms with Crippen molar-refractivity contribution < 1.29 is 9.21 Å². The monoisotopic (exact) mass is 356 g/mol. The summed E-state index contributed by atoms with van der Waals surface area (Å²) in [5.74, 6) is 2.23. The highest BCUT2D eigenvalue weighted by Gasteiger charge is 2.30. The third-order valence-corrected chi connectivity index (χ3v) is 5.09. The molecular formula is C17H29ClN4O2. The molecule has 3 heterocycles. The number of rotatable bonds is 3. The van der Waals surface area contributed by atoms with Gasteiger partial charge in [0.1, 0.15) is 5.76 Å². The Morgan fingerprint density at radius 2 is 2.00 bits per heavy atom. The van der Waals surface area contributed by atoms with Gasteiger partial charge in [-0.2, -0.15) is 0 Å². The molecule has 1 amide bonds. The van der Waals surface area contributed by atoms with Crippen LogP contribution in [0.5, 0.6) is 0 Å². The van der Waals surface area contributed by atoms with Gasteiger partial charge in [0.05, 0.1) is 12.2 Å². The first-order chi connectivity index (χ1) is 11.0. The zero-order chi connectivity index (χ0) is 16.4. The van der Waals surface area contributed by atoms with Crippen LogP contribution in [0.25, 0.3) is 0 Å². The van der Waals surface area contributed by atoms with Crippen molar-refractivity contribution in [1.29, 1.82) is 0 Å². The summed E-state index contributed by atoms with van der Waals surface area (Å²) >= 11 is 0. The number of hydrogen-bond donors (Lipinski definition) is 1. The quantitative estimate of drug-likeness (QED) is 0.894. The van der Waals surface area contributed by atoms with Gasteiger partial charge in [-0.1, -0.05) is 0 Å². The number of carbonyl (C=O) groups is 1. The fraction of sp³-hybridized carbons (Fsp3) is 0.765. The second kappa shape index (κ2) is 8.32. The van der Waals surface area contributed by atoms with Crippen molar-refractivity contribution in [2.75, 3.05) is 32.7 Å². The van der Waals surface area contributed by atoms with Gasteiger partial charge < -0.3 is 14.6 Å². The van der Waals surface area contributed by atoms with Crippen LogP contribution in [0.15, 0.2) is 4.42 Å². The van der Waals surface area contributed by atoms with Crippen LogP contribution in [0.3, 0.4) is 0 Å². The summed E-state index contributed by atoms with van der Waals surface area (Å²) in [6.07, 6.45) is 1.94. The van der Waals surface area contributed by atoms with E-state index in [-0.39, 0.29) is 18.3 Å². The van der Waals surface area contributed by atoms with Gasteiger partial charge in [0.15, 0.2) is 0 Å². The molecule has 0 bridgehead atoms. The van der Waals surface area contributed by atoms with Gasteiger partial charge in [0.2, 0.25) is 11.8 Å². The van der Waals surface area contributed by atoms with E-state index in [0.29, 0.717) is 11.9 Å². The number of amides is 1. The van der Waals surface area contributed by atoms with Crippen LogP contribution in [-0.2, 0) is 11.3 Å². The second-order valence-corrected chi connectivity index (χ2v) is 6.93. The summed E-state index contributed by atoms with van der Waals surface area (Å²) in [4.78, 5) is 21.5. The van der Waals surface area contributed by atoms with Gasteiger partial charge in [0, 0.05) is 38.1 Å². The van der Waals surface area contributed by atoms with Crippen LogP contribution in [0.4, 0.5) is 0 Å². The number of piperidine rings is 1. The number of nitrogens with zero attached hydrogens (tertiary/aromatic N) is 3. The molecule has 1 aromatic heterocycles. The van der Waals surface area contributed by atoms with E-state index in [2.05, 4.69) is 22.1 Å². The molecule has 0 radical (unpaired) electrons. The molecule has 0 spiro atoms. The topological polar surface area (TPSA) is 61.6 Å². The van der Waals surface area contributed by atoms with E-state index in [1.54, 1.807) is 0 Å². The highest BCUT2D eigenvalue weighted by Crippen LogP contribution is 2.20. The molecule has 2 aliphatic heterocycles. The number of halogens is 1. The molecular weight excluding hydrogens is 328 g/mol. The lowest BCUT2D eigenvalue weighted by atomic mass is 9.92. The van der Waals surface area contributed by atoms with Crippen molar-refractivity contribution >= 4 is 18.3 Å². The van der Waals surface area contributed by atoms with Crippen molar-refractivity contribution in [3.05, 3.63) is 17.3 Å². The van der Waals surface area contributed by atoms with Crippen LogP contribution in [-0.4, -0.2) is 59.5 Å². The van der Waals surface area contributed by atoms with E-state index in [9.17, 15) is 4.79 Å². The van der Waals surface area contributed by atoms with Gasteiger partial charge >= 0.3 is 0 Å². The highest BCUT2D eigenvalue weighted by atomic mass is 35.5. The maximum atomic E-state index is 12.7. The number of carbonyl (C=O) groups excluding carboxylic acids is 1. The van der Waals surface area contributed by atoms with Crippen LogP contribution in [0.2, 0.25) is 0 Å². The smallest absolute Gasteiger partial charge is 0.225 e. The fourth-order valence-electron chi connectivity index (χ4n) is 3.54. The summed E-state index contributed by atoms with van der Waals surface area (Å²) in [6.45, 7) is 11.2. The predicted octanol–water partition coefficient (Wildman–Crippen LogP) is 1.75. The minimum Gasteiger partial charge on any atom is -0.444 e. The van der Waals surface area contributed by atoms with E-state index >= 15 is 0 Å². The fourth-order valence-corrected chi connectivity index (χ4v) is 3.54. The van der Waals surface area contributed by atoms with E-state index in [1.807, 2.05) is 18.7 Å². The number of hydrogen-bond acceptors (Lipinski definition) is 5. The maximum Gasteiger partial charge on any atom is 0.225 e. The van der Waals surface area contributed by atoms with Gasteiger partial charge in [-0.3, -0.25) is 9.69 Å². The highest BCUT2D eigenvalue weighted by molar-refractivity contribution is 5.85. The lowest BCUT2D eigenvalue weighted by Gasteiger charge is -2.37. The Morgan fingerprint density at radius 3 is 2.58 bits per heavy atom. The molecule has 136 valence electrons. The van der Waals surface area contributed by atoms with Crippen LogP contribution in [0, 0.1) is 19.8 Å². The maximum absolute atomic E-state index is 12.7. The van der Waals surface area contributed by atoms with Gasteiger partial charge in [-0.25, -0.2) is 4.98 Å². The Balaban J connectivity index is 0.00000208. The summed E-state index contributed by atoms with van der Waals surface area (Å²) in [6, 6.07) is 0.454. The standard InChI is InChI=1S/C17H28N4O2.ClH/c1-12-10-15(4-5-18-12)17(22)21-8-6-20(7-9-21)11-16-19-13(2)14(3)23-16;/h12,15,18H,4-11H2,1-3H3;1H/t12-,15-;/m0./s1. The molecule has 2 aliphatic rings. The van der Waals surface area contributed by atoms with E-state index < -0.39 is 0 Å². The Bertz CT molecular complexity index is 535. The second-order valence-electron chi connectivity index (χ2n) is 6.93. The molecule has 1 N–H and O–H groups in total. The van der Waals surface area contributed by atoms with E-state index in [0.717, 1.165) is 69.5 Å². The molecule has 3 rings (SSSR count). The first-order valence-corrected chi connectivity index (χ1v) is 8.70. The average Bonchev–Trinajstić information content (AvgIpc) is 2.85. The molecule has 0 unspecified atom stereocenters. The van der Waals surface area contributed by atoms with Crippen molar-refractivity contribution in [3.8, 4) is 0 Å². The number of aryl methyl sites for hydroxylation is 2. The first-order valence-electron chi connectivity index (χ1n) is 8.70. The molecule has 24 heavy (non-hydrogen) atoms. The SMILES string of the molecule is Cc1nc(CN2CCN(C(=O)[C@H]3CCN[C@@H](C)C3)CC2)oc1C.Cl. The molecule has 2 saturated heterocycles. The first kappa shape index (κ1) is 19.2. The van der Waals surface area contributed by atoms with Crippen LogP contribution < -0.4 is 5.32 Å².